The molecule has 0 radical (unpaired) electrons. The summed E-state index contributed by atoms with van der Waals surface area (Å²) in [5.41, 5.74) is 0.210. The second-order valence-corrected chi connectivity index (χ2v) is 7.30. The highest BCUT2D eigenvalue weighted by molar-refractivity contribution is 4.75. The van der Waals surface area contributed by atoms with Crippen LogP contribution >= 0.6 is 0 Å². The standard InChI is InChI=1S/C16H36N2O2/c1-14(2)8-7-9-20-11-15(19)10-17-12-16(3,4)13-18(5)6/h14-15,17,19H,7-13H2,1-6H3. The van der Waals surface area contributed by atoms with E-state index in [2.05, 4.69) is 52.0 Å². The lowest BCUT2D eigenvalue weighted by Crippen LogP contribution is -2.41. The Bertz CT molecular complexity index is 231. The van der Waals surface area contributed by atoms with Crippen LogP contribution in [0.3, 0.4) is 0 Å². The van der Waals surface area contributed by atoms with Crippen molar-refractivity contribution >= 4 is 0 Å². The summed E-state index contributed by atoms with van der Waals surface area (Å²) in [5, 5.41) is 13.2. The first-order valence-electron chi connectivity index (χ1n) is 7.84. The number of nitrogens with zero attached hydrogens (tertiary/aromatic N) is 1. The van der Waals surface area contributed by atoms with Gasteiger partial charge in [-0.1, -0.05) is 27.7 Å². The van der Waals surface area contributed by atoms with Crippen LogP contribution in [-0.4, -0.2) is 63.1 Å². The van der Waals surface area contributed by atoms with Gasteiger partial charge in [-0.3, -0.25) is 0 Å². The predicted octanol–water partition coefficient (Wildman–Crippen LogP) is 1.98. The average molecular weight is 288 g/mol. The molecule has 0 aromatic heterocycles. The first-order valence-corrected chi connectivity index (χ1v) is 7.84. The highest BCUT2D eigenvalue weighted by atomic mass is 16.5. The Morgan fingerprint density at radius 2 is 1.90 bits per heavy atom. The van der Waals surface area contributed by atoms with Gasteiger partial charge in [-0.25, -0.2) is 0 Å². The van der Waals surface area contributed by atoms with Crippen LogP contribution in [0, 0.1) is 11.3 Å². The van der Waals surface area contributed by atoms with Crippen LogP contribution in [0.15, 0.2) is 0 Å². The minimum atomic E-state index is -0.413. The maximum Gasteiger partial charge on any atom is 0.0897 e. The van der Waals surface area contributed by atoms with Crippen LogP contribution in [0.25, 0.3) is 0 Å². The molecule has 0 spiro atoms. The molecular formula is C16H36N2O2. The molecule has 0 aromatic rings. The van der Waals surface area contributed by atoms with Crippen molar-refractivity contribution in [2.24, 2.45) is 11.3 Å². The first-order chi connectivity index (χ1) is 9.23. The fourth-order valence-electron chi connectivity index (χ4n) is 2.36. The van der Waals surface area contributed by atoms with E-state index in [1.165, 1.54) is 6.42 Å². The van der Waals surface area contributed by atoms with Gasteiger partial charge in [0, 0.05) is 26.2 Å². The minimum Gasteiger partial charge on any atom is -0.389 e. The molecule has 0 saturated carbocycles. The zero-order valence-corrected chi connectivity index (χ0v) is 14.4. The van der Waals surface area contributed by atoms with E-state index in [1.54, 1.807) is 0 Å². The molecule has 4 heteroatoms. The Morgan fingerprint density at radius 1 is 1.25 bits per heavy atom. The summed E-state index contributed by atoms with van der Waals surface area (Å²) in [6.07, 6.45) is 1.85. The van der Waals surface area contributed by atoms with Gasteiger partial charge >= 0.3 is 0 Å². The van der Waals surface area contributed by atoms with Crippen molar-refractivity contribution in [3.8, 4) is 0 Å². The summed E-state index contributed by atoms with van der Waals surface area (Å²) in [6, 6.07) is 0. The monoisotopic (exact) mass is 288 g/mol. The highest BCUT2D eigenvalue weighted by Crippen LogP contribution is 2.13. The summed E-state index contributed by atoms with van der Waals surface area (Å²) < 4.78 is 5.49. The van der Waals surface area contributed by atoms with E-state index in [9.17, 15) is 5.11 Å². The van der Waals surface area contributed by atoms with Crippen molar-refractivity contribution < 1.29 is 9.84 Å². The van der Waals surface area contributed by atoms with Crippen LogP contribution in [0.5, 0.6) is 0 Å². The predicted molar refractivity (Wildman–Crippen MR) is 86.1 cm³/mol. The zero-order valence-electron chi connectivity index (χ0n) is 14.4. The molecule has 0 aliphatic heterocycles. The molecule has 0 heterocycles. The minimum absolute atomic E-state index is 0.210. The molecule has 0 aliphatic rings. The lowest BCUT2D eigenvalue weighted by atomic mass is 9.93. The molecule has 0 rings (SSSR count). The van der Waals surface area contributed by atoms with Crippen molar-refractivity contribution in [3.05, 3.63) is 0 Å². The zero-order chi connectivity index (χ0) is 15.6. The topological polar surface area (TPSA) is 44.7 Å². The van der Waals surface area contributed by atoms with Crippen molar-refractivity contribution in [1.29, 1.82) is 0 Å². The maximum atomic E-state index is 9.84. The summed E-state index contributed by atoms with van der Waals surface area (Å²) in [6.45, 7) is 12.6. The van der Waals surface area contributed by atoms with Crippen LogP contribution in [0.1, 0.15) is 40.5 Å². The van der Waals surface area contributed by atoms with Gasteiger partial charge in [0.15, 0.2) is 0 Å². The van der Waals surface area contributed by atoms with E-state index < -0.39 is 6.10 Å². The number of nitrogens with one attached hydrogen (secondary N) is 1. The third-order valence-electron chi connectivity index (χ3n) is 3.11. The third-order valence-corrected chi connectivity index (χ3v) is 3.11. The smallest absolute Gasteiger partial charge is 0.0897 e. The molecule has 1 unspecified atom stereocenters. The van der Waals surface area contributed by atoms with Gasteiger partial charge in [-0.15, -0.1) is 0 Å². The number of rotatable bonds is 12. The Morgan fingerprint density at radius 3 is 2.45 bits per heavy atom. The van der Waals surface area contributed by atoms with E-state index in [4.69, 9.17) is 4.74 Å². The van der Waals surface area contributed by atoms with Gasteiger partial charge < -0.3 is 20.1 Å². The van der Waals surface area contributed by atoms with Crippen LogP contribution < -0.4 is 5.32 Å². The van der Waals surface area contributed by atoms with E-state index in [0.717, 1.165) is 32.0 Å². The van der Waals surface area contributed by atoms with Crippen molar-refractivity contribution in [3.63, 3.8) is 0 Å². The Kier molecular flexibility index (Phi) is 10.5. The molecule has 1 atom stereocenters. The Hall–Kier alpha value is -0.160. The largest absolute Gasteiger partial charge is 0.389 e. The van der Waals surface area contributed by atoms with Crippen LogP contribution in [0.4, 0.5) is 0 Å². The molecule has 0 bridgehead atoms. The van der Waals surface area contributed by atoms with Crippen LogP contribution in [-0.2, 0) is 4.74 Å². The summed E-state index contributed by atoms with van der Waals surface area (Å²) in [5.74, 6) is 0.726. The number of aliphatic hydroxyl groups excluding tert-OH is 1. The molecule has 0 saturated heterocycles. The lowest BCUT2D eigenvalue weighted by molar-refractivity contribution is 0.0334. The fraction of sp³-hybridized carbons (Fsp3) is 1.00. The van der Waals surface area contributed by atoms with Gasteiger partial charge in [0.1, 0.15) is 0 Å². The Labute approximate surface area is 125 Å². The SMILES string of the molecule is CC(C)CCCOCC(O)CNCC(C)(C)CN(C)C. The summed E-state index contributed by atoms with van der Waals surface area (Å²) >= 11 is 0. The van der Waals surface area contributed by atoms with Gasteiger partial charge in [0.25, 0.3) is 0 Å². The fourth-order valence-corrected chi connectivity index (χ4v) is 2.36. The second-order valence-electron chi connectivity index (χ2n) is 7.30. The van der Waals surface area contributed by atoms with Crippen LogP contribution in [0.2, 0.25) is 0 Å². The van der Waals surface area contributed by atoms with E-state index >= 15 is 0 Å². The number of ether oxygens (including phenoxy) is 1. The van der Waals surface area contributed by atoms with Gasteiger partial charge in [-0.2, -0.15) is 0 Å². The quantitative estimate of drug-likeness (QED) is 0.539. The number of aliphatic hydroxyl groups is 1. The molecule has 0 aliphatic carbocycles. The Balaban J connectivity index is 3.55. The maximum absolute atomic E-state index is 9.84. The molecule has 20 heavy (non-hydrogen) atoms. The molecule has 0 aromatic carbocycles. The summed E-state index contributed by atoms with van der Waals surface area (Å²) in [7, 11) is 4.17. The molecule has 2 N–H and O–H groups in total. The molecule has 0 amide bonds. The number of hydrogen-bond donors (Lipinski definition) is 2. The first kappa shape index (κ1) is 19.8. The third kappa shape index (κ3) is 12.9. The van der Waals surface area contributed by atoms with E-state index in [0.29, 0.717) is 13.2 Å². The molecule has 0 fully saturated rings. The van der Waals surface area contributed by atoms with Crippen molar-refractivity contribution in [1.82, 2.24) is 10.2 Å². The highest BCUT2D eigenvalue weighted by Gasteiger charge is 2.18. The van der Waals surface area contributed by atoms with Gasteiger partial charge in [0.2, 0.25) is 0 Å². The van der Waals surface area contributed by atoms with Crippen molar-refractivity contribution in [2.45, 2.75) is 46.6 Å². The average Bonchev–Trinajstić information content (AvgIpc) is 2.25. The second kappa shape index (κ2) is 10.6. The van der Waals surface area contributed by atoms with Gasteiger partial charge in [-0.05, 0) is 38.3 Å². The van der Waals surface area contributed by atoms with E-state index in [-0.39, 0.29) is 5.41 Å². The molecule has 4 nitrogen and oxygen atoms in total. The lowest BCUT2D eigenvalue weighted by Gasteiger charge is -2.29. The number of hydrogen-bond acceptors (Lipinski definition) is 4. The normalized spacial score (nSPS) is 14.2. The summed E-state index contributed by atoms with van der Waals surface area (Å²) in [4.78, 5) is 2.19. The van der Waals surface area contributed by atoms with Crippen molar-refractivity contribution in [2.75, 3.05) is 46.9 Å². The van der Waals surface area contributed by atoms with Gasteiger partial charge in [0.05, 0.1) is 12.7 Å². The molecular weight excluding hydrogens is 252 g/mol. The molecule has 122 valence electrons. The van der Waals surface area contributed by atoms with E-state index in [1.807, 2.05) is 0 Å².